The number of rotatable bonds is 2. The number of halogens is 1. The number of fused-ring (bicyclic) bond motifs is 1. The molecular formula is C10H11IN2O. The maximum absolute atomic E-state index is 9.28. The van der Waals surface area contributed by atoms with E-state index in [1.165, 1.54) is 3.57 Å². The molecule has 2 rings (SSSR count). The highest BCUT2D eigenvalue weighted by atomic mass is 127. The van der Waals surface area contributed by atoms with Crippen molar-refractivity contribution >= 4 is 33.5 Å². The van der Waals surface area contributed by atoms with E-state index < -0.39 is 0 Å². The molecule has 0 saturated carbocycles. The number of hydrogen-bond acceptors (Lipinski definition) is 2. The van der Waals surface area contributed by atoms with Gasteiger partial charge in [-0.15, -0.1) is 0 Å². The molecule has 4 heteroatoms. The van der Waals surface area contributed by atoms with Crippen LogP contribution in [0.25, 0.3) is 10.9 Å². The fraction of sp³-hybridized carbons (Fsp3) is 0.300. The molecule has 0 spiro atoms. The summed E-state index contributed by atoms with van der Waals surface area (Å²) in [5.74, 6) is 0. The van der Waals surface area contributed by atoms with Gasteiger partial charge >= 0.3 is 0 Å². The molecule has 0 saturated heterocycles. The highest BCUT2D eigenvalue weighted by Crippen LogP contribution is 2.17. The summed E-state index contributed by atoms with van der Waals surface area (Å²) in [5, 5.41) is 14.6. The molecule has 0 bridgehead atoms. The highest BCUT2D eigenvalue weighted by Gasteiger charge is 2.04. The predicted octanol–water partition coefficient (Wildman–Crippen LogP) is 2.02. The molecule has 1 N–H and O–H groups in total. The molecule has 0 aliphatic carbocycles. The summed E-state index contributed by atoms with van der Waals surface area (Å²) in [6.45, 7) is 2.31. The first-order chi connectivity index (χ1) is 6.66. The second kappa shape index (κ2) is 3.86. The second-order valence-electron chi connectivity index (χ2n) is 3.38. The van der Waals surface area contributed by atoms with Gasteiger partial charge < -0.3 is 5.11 Å². The largest absolute Gasteiger partial charge is 0.391 e. The van der Waals surface area contributed by atoms with Crippen molar-refractivity contribution in [2.45, 2.75) is 19.6 Å². The van der Waals surface area contributed by atoms with E-state index >= 15 is 0 Å². The number of aromatic nitrogens is 2. The van der Waals surface area contributed by atoms with Crippen LogP contribution in [0.2, 0.25) is 0 Å². The summed E-state index contributed by atoms with van der Waals surface area (Å²) >= 11 is 2.28. The lowest BCUT2D eigenvalue weighted by molar-refractivity contribution is 0.170. The Labute approximate surface area is 95.9 Å². The van der Waals surface area contributed by atoms with Crippen molar-refractivity contribution in [2.75, 3.05) is 0 Å². The molecular weight excluding hydrogens is 291 g/mol. The van der Waals surface area contributed by atoms with Gasteiger partial charge in [0.1, 0.15) is 0 Å². The molecule has 0 radical (unpaired) electrons. The summed E-state index contributed by atoms with van der Waals surface area (Å²) in [7, 11) is 0. The van der Waals surface area contributed by atoms with E-state index in [4.69, 9.17) is 0 Å². The monoisotopic (exact) mass is 302 g/mol. The van der Waals surface area contributed by atoms with Crippen LogP contribution in [0.5, 0.6) is 0 Å². The highest BCUT2D eigenvalue weighted by molar-refractivity contribution is 14.1. The lowest BCUT2D eigenvalue weighted by Crippen LogP contribution is -2.12. The van der Waals surface area contributed by atoms with Crippen molar-refractivity contribution in [3.63, 3.8) is 0 Å². The molecule has 14 heavy (non-hydrogen) atoms. The molecule has 0 fully saturated rings. The number of benzene rings is 1. The molecule has 0 aliphatic heterocycles. The quantitative estimate of drug-likeness (QED) is 0.862. The minimum Gasteiger partial charge on any atom is -0.391 e. The molecule has 1 heterocycles. The van der Waals surface area contributed by atoms with Gasteiger partial charge in [-0.05, 0) is 47.7 Å². The number of aliphatic hydroxyl groups excluding tert-OH is 1. The van der Waals surface area contributed by atoms with Crippen molar-refractivity contribution in [2.24, 2.45) is 0 Å². The van der Waals surface area contributed by atoms with Crippen LogP contribution >= 0.6 is 22.6 Å². The lowest BCUT2D eigenvalue weighted by atomic mass is 10.2. The Bertz CT molecular complexity index is 450. The van der Waals surface area contributed by atoms with Gasteiger partial charge in [0.15, 0.2) is 0 Å². The minimum atomic E-state index is -0.364. The standard InChI is InChI=1S/C10H11IN2O/c1-7(14)6-13-10-3-2-9(11)4-8(10)5-12-13/h2-5,7,14H,6H2,1H3. The third-order valence-electron chi connectivity index (χ3n) is 2.04. The summed E-state index contributed by atoms with van der Waals surface area (Å²) in [5.41, 5.74) is 1.08. The van der Waals surface area contributed by atoms with E-state index in [0.29, 0.717) is 6.54 Å². The van der Waals surface area contributed by atoms with E-state index in [1.54, 1.807) is 6.92 Å². The van der Waals surface area contributed by atoms with E-state index in [9.17, 15) is 5.11 Å². The van der Waals surface area contributed by atoms with Crippen LogP contribution < -0.4 is 0 Å². The van der Waals surface area contributed by atoms with Gasteiger partial charge in [0.05, 0.1) is 24.4 Å². The normalized spacial score (nSPS) is 13.4. The molecule has 1 aromatic carbocycles. The third-order valence-corrected chi connectivity index (χ3v) is 2.71. The molecule has 74 valence electrons. The van der Waals surface area contributed by atoms with Gasteiger partial charge in [-0.2, -0.15) is 5.10 Å². The predicted molar refractivity (Wildman–Crippen MR) is 64.1 cm³/mol. The van der Waals surface area contributed by atoms with Crippen LogP contribution in [0.15, 0.2) is 24.4 Å². The Hall–Kier alpha value is -0.620. The zero-order valence-corrected chi connectivity index (χ0v) is 9.97. The summed E-state index contributed by atoms with van der Waals surface area (Å²) in [6, 6.07) is 6.16. The van der Waals surface area contributed by atoms with E-state index in [0.717, 1.165) is 10.9 Å². The van der Waals surface area contributed by atoms with Crippen molar-refractivity contribution in [3.05, 3.63) is 28.0 Å². The second-order valence-corrected chi connectivity index (χ2v) is 4.62. The smallest absolute Gasteiger partial charge is 0.0708 e. The average Bonchev–Trinajstić information content (AvgIpc) is 2.47. The van der Waals surface area contributed by atoms with Crippen LogP contribution in [0.1, 0.15) is 6.92 Å². The molecule has 1 unspecified atom stereocenters. The molecule has 3 nitrogen and oxygen atoms in total. The third kappa shape index (κ3) is 1.90. The fourth-order valence-corrected chi connectivity index (χ4v) is 1.97. The Morgan fingerprint density at radius 3 is 3.07 bits per heavy atom. The SMILES string of the molecule is CC(O)Cn1ncc2cc(I)ccc21. The van der Waals surface area contributed by atoms with Crippen molar-refractivity contribution in [1.29, 1.82) is 0 Å². The van der Waals surface area contributed by atoms with E-state index in [-0.39, 0.29) is 6.10 Å². The maximum atomic E-state index is 9.28. The van der Waals surface area contributed by atoms with Gasteiger partial charge in [-0.1, -0.05) is 0 Å². The van der Waals surface area contributed by atoms with Crippen LogP contribution in [-0.4, -0.2) is 21.0 Å². The van der Waals surface area contributed by atoms with E-state index in [1.807, 2.05) is 23.0 Å². The number of hydrogen-bond donors (Lipinski definition) is 1. The summed E-state index contributed by atoms with van der Waals surface area (Å²) in [6.07, 6.45) is 1.47. The molecule has 0 amide bonds. The topological polar surface area (TPSA) is 38.0 Å². The average molecular weight is 302 g/mol. The number of aliphatic hydroxyl groups is 1. The fourth-order valence-electron chi connectivity index (χ4n) is 1.45. The zero-order chi connectivity index (χ0) is 10.1. The summed E-state index contributed by atoms with van der Waals surface area (Å²) in [4.78, 5) is 0. The van der Waals surface area contributed by atoms with Crippen molar-refractivity contribution < 1.29 is 5.11 Å². The molecule has 2 aromatic rings. The van der Waals surface area contributed by atoms with Crippen LogP contribution in [0.3, 0.4) is 0 Å². The Morgan fingerprint density at radius 2 is 2.36 bits per heavy atom. The zero-order valence-electron chi connectivity index (χ0n) is 7.81. The van der Waals surface area contributed by atoms with Crippen LogP contribution in [-0.2, 0) is 6.54 Å². The Morgan fingerprint density at radius 1 is 1.57 bits per heavy atom. The maximum Gasteiger partial charge on any atom is 0.0708 e. The van der Waals surface area contributed by atoms with E-state index in [2.05, 4.69) is 33.8 Å². The van der Waals surface area contributed by atoms with Crippen LogP contribution in [0.4, 0.5) is 0 Å². The van der Waals surface area contributed by atoms with Gasteiger partial charge in [-0.3, -0.25) is 4.68 Å². The first-order valence-corrected chi connectivity index (χ1v) is 5.54. The first-order valence-electron chi connectivity index (χ1n) is 4.46. The van der Waals surface area contributed by atoms with Crippen molar-refractivity contribution in [1.82, 2.24) is 9.78 Å². The molecule has 1 atom stereocenters. The van der Waals surface area contributed by atoms with Gasteiger partial charge in [0, 0.05) is 8.96 Å². The first kappa shape index (κ1) is 9.92. The molecule has 0 aliphatic rings. The Kier molecular flexibility index (Phi) is 2.73. The Balaban J connectivity index is 2.47. The lowest BCUT2D eigenvalue weighted by Gasteiger charge is -2.05. The summed E-state index contributed by atoms with van der Waals surface area (Å²) < 4.78 is 3.03. The van der Waals surface area contributed by atoms with Gasteiger partial charge in [0.25, 0.3) is 0 Å². The number of nitrogens with zero attached hydrogens (tertiary/aromatic N) is 2. The van der Waals surface area contributed by atoms with Gasteiger partial charge in [0.2, 0.25) is 0 Å². The molecule has 1 aromatic heterocycles. The minimum absolute atomic E-state index is 0.364. The van der Waals surface area contributed by atoms with Crippen LogP contribution in [0, 0.1) is 3.57 Å². The van der Waals surface area contributed by atoms with Gasteiger partial charge in [-0.25, -0.2) is 0 Å². The van der Waals surface area contributed by atoms with Crippen molar-refractivity contribution in [3.8, 4) is 0 Å².